The standard InChI is InChI=1S/4C7H14OS.C5H12O4/c4*1-2-3-4-5-6-7(8)9;6-1-5(2-7,3-8)4-9/h4*2-6H2,1H3,(H,8,9);6-9H,1-4H2. The highest BCUT2D eigenvalue weighted by Crippen LogP contribution is 2.12. The monoisotopic (exact) mass is 720 g/mol. The molecule has 0 rings (SSSR count). The second kappa shape index (κ2) is 46.0. The van der Waals surface area contributed by atoms with E-state index in [1.807, 2.05) is 0 Å². The molecule has 0 unspecified atom stereocenters. The predicted molar refractivity (Wildman–Crippen MR) is 202 cm³/mol. The molecule has 0 aromatic rings. The molecule has 0 spiro atoms. The van der Waals surface area contributed by atoms with Gasteiger partial charge in [-0.25, -0.2) is 0 Å². The average molecular weight is 721 g/mol. The van der Waals surface area contributed by atoms with Crippen LogP contribution < -0.4 is 0 Å². The summed E-state index contributed by atoms with van der Waals surface area (Å²) in [5.74, 6) is 0. The Morgan fingerprint density at radius 2 is 0.556 bits per heavy atom. The molecule has 0 aliphatic heterocycles. The molecule has 0 aliphatic carbocycles. The zero-order valence-corrected chi connectivity index (χ0v) is 32.3. The van der Waals surface area contributed by atoms with Crippen LogP contribution in [0.25, 0.3) is 0 Å². The van der Waals surface area contributed by atoms with Crippen molar-refractivity contribution in [2.75, 3.05) is 26.4 Å². The van der Waals surface area contributed by atoms with Crippen LogP contribution >= 0.6 is 50.5 Å². The van der Waals surface area contributed by atoms with Crippen LogP contribution in [0.15, 0.2) is 0 Å². The van der Waals surface area contributed by atoms with Crippen molar-refractivity contribution >= 4 is 71.0 Å². The van der Waals surface area contributed by atoms with Gasteiger partial charge >= 0.3 is 0 Å². The van der Waals surface area contributed by atoms with E-state index in [9.17, 15) is 19.2 Å². The first-order valence-electron chi connectivity index (χ1n) is 16.6. The SMILES string of the molecule is CCCCCCC(=O)S.CCCCCCC(=O)S.CCCCCCC(=O)S.CCCCCCC(=O)S.OCC(CO)(CO)CO. The summed E-state index contributed by atoms with van der Waals surface area (Å²) in [5.41, 5.74) is -1.11. The molecule has 0 aliphatic rings. The van der Waals surface area contributed by atoms with Crippen LogP contribution in [-0.4, -0.2) is 67.3 Å². The smallest absolute Gasteiger partial charge is 0.185 e. The molecule has 272 valence electrons. The fourth-order valence-electron chi connectivity index (χ4n) is 3.11. The van der Waals surface area contributed by atoms with Crippen molar-refractivity contribution in [1.82, 2.24) is 0 Å². The molecule has 45 heavy (non-hydrogen) atoms. The van der Waals surface area contributed by atoms with E-state index in [4.69, 9.17) is 20.4 Å². The van der Waals surface area contributed by atoms with Gasteiger partial charge in [0.15, 0.2) is 20.5 Å². The van der Waals surface area contributed by atoms with Crippen LogP contribution in [0.3, 0.4) is 0 Å². The van der Waals surface area contributed by atoms with E-state index in [-0.39, 0.29) is 20.5 Å². The van der Waals surface area contributed by atoms with Crippen molar-refractivity contribution in [2.45, 2.75) is 156 Å². The lowest BCUT2D eigenvalue weighted by molar-refractivity contribution is -0.111. The van der Waals surface area contributed by atoms with Crippen molar-refractivity contribution in [2.24, 2.45) is 5.41 Å². The van der Waals surface area contributed by atoms with Crippen molar-refractivity contribution in [3.63, 3.8) is 0 Å². The van der Waals surface area contributed by atoms with E-state index < -0.39 is 31.8 Å². The third kappa shape index (κ3) is 59.8. The molecule has 0 atom stereocenters. The zero-order chi connectivity index (χ0) is 35.8. The van der Waals surface area contributed by atoms with E-state index in [1.54, 1.807) is 0 Å². The Balaban J connectivity index is -0.000000148. The van der Waals surface area contributed by atoms with E-state index in [1.165, 1.54) is 77.0 Å². The number of carbonyl (C=O) groups excluding carboxylic acids is 4. The number of carbonyl (C=O) groups is 4. The molecule has 8 nitrogen and oxygen atoms in total. The summed E-state index contributed by atoms with van der Waals surface area (Å²) in [5, 5.41) is 34.1. The summed E-state index contributed by atoms with van der Waals surface area (Å²) in [6.07, 6.45) is 21.1. The Labute approximate surface area is 297 Å². The number of hydrogen-bond donors (Lipinski definition) is 8. The van der Waals surface area contributed by atoms with Gasteiger partial charge in [-0.3, -0.25) is 19.2 Å². The average Bonchev–Trinajstić information content (AvgIpc) is 3.00. The van der Waals surface area contributed by atoms with Crippen molar-refractivity contribution < 1.29 is 39.6 Å². The highest BCUT2D eigenvalue weighted by atomic mass is 32.1. The van der Waals surface area contributed by atoms with Crippen molar-refractivity contribution in [3.8, 4) is 0 Å². The van der Waals surface area contributed by atoms with E-state index >= 15 is 0 Å². The fraction of sp³-hybridized carbons (Fsp3) is 0.879. The van der Waals surface area contributed by atoms with Crippen LogP contribution in [0, 0.1) is 5.41 Å². The quantitative estimate of drug-likeness (QED) is 0.0376. The number of rotatable bonds is 24. The normalized spacial score (nSPS) is 10.0. The zero-order valence-electron chi connectivity index (χ0n) is 28.7. The minimum absolute atomic E-state index is 0.0195. The Morgan fingerprint density at radius 3 is 0.644 bits per heavy atom. The van der Waals surface area contributed by atoms with Gasteiger partial charge in [0.05, 0.1) is 31.8 Å². The van der Waals surface area contributed by atoms with Gasteiger partial charge in [0, 0.05) is 25.7 Å². The van der Waals surface area contributed by atoms with Crippen LogP contribution in [0.4, 0.5) is 0 Å². The van der Waals surface area contributed by atoms with Gasteiger partial charge in [-0.2, -0.15) is 0 Å². The molecule has 0 saturated heterocycles. The topological polar surface area (TPSA) is 149 Å². The summed E-state index contributed by atoms with van der Waals surface area (Å²) in [4.78, 5) is 41.1. The first kappa shape index (κ1) is 54.4. The highest BCUT2D eigenvalue weighted by Gasteiger charge is 2.26. The Kier molecular flexibility index (Phi) is 55.6. The summed E-state index contributed by atoms with van der Waals surface area (Å²) >= 11 is 14.6. The largest absolute Gasteiger partial charge is 0.396 e. The summed E-state index contributed by atoms with van der Waals surface area (Å²) in [6.45, 7) is 7.00. The Bertz CT molecular complexity index is 543. The lowest BCUT2D eigenvalue weighted by Gasteiger charge is -2.23. The molecule has 12 heteroatoms. The maximum atomic E-state index is 10.3. The number of hydrogen-bond acceptors (Lipinski definition) is 8. The molecule has 0 saturated carbocycles. The molecular weight excluding hydrogens is 653 g/mol. The number of aliphatic hydroxyl groups excluding tert-OH is 4. The molecule has 4 N–H and O–H groups in total. The van der Waals surface area contributed by atoms with Gasteiger partial charge in [0.2, 0.25) is 0 Å². The molecule has 0 amide bonds. The minimum Gasteiger partial charge on any atom is -0.396 e. The minimum atomic E-state index is -1.11. The van der Waals surface area contributed by atoms with E-state index in [0.717, 1.165) is 25.7 Å². The maximum Gasteiger partial charge on any atom is 0.185 e. The second-order valence-corrected chi connectivity index (χ2v) is 12.9. The highest BCUT2D eigenvalue weighted by molar-refractivity contribution is 7.97. The number of thiol groups is 4. The lowest BCUT2D eigenvalue weighted by atomic mass is 9.93. The van der Waals surface area contributed by atoms with Crippen LogP contribution in [0.5, 0.6) is 0 Å². The summed E-state index contributed by atoms with van der Waals surface area (Å²) in [6, 6.07) is 0. The summed E-state index contributed by atoms with van der Waals surface area (Å²) in [7, 11) is 0. The Hall–Kier alpha value is -0.0800. The molecular formula is C33H68O8S4. The van der Waals surface area contributed by atoms with Gasteiger partial charge in [-0.05, 0) is 25.7 Å². The van der Waals surface area contributed by atoms with Crippen LogP contribution in [0.1, 0.15) is 156 Å². The first-order chi connectivity index (χ1) is 21.3. The van der Waals surface area contributed by atoms with Crippen LogP contribution in [-0.2, 0) is 19.2 Å². The molecule has 0 bridgehead atoms. The Morgan fingerprint density at radius 1 is 0.378 bits per heavy atom. The van der Waals surface area contributed by atoms with Crippen molar-refractivity contribution in [1.29, 1.82) is 0 Å². The molecule has 0 radical (unpaired) electrons. The van der Waals surface area contributed by atoms with Gasteiger partial charge < -0.3 is 20.4 Å². The van der Waals surface area contributed by atoms with E-state index in [2.05, 4.69) is 78.2 Å². The van der Waals surface area contributed by atoms with Gasteiger partial charge in [-0.1, -0.05) is 105 Å². The number of aliphatic hydroxyl groups is 4. The van der Waals surface area contributed by atoms with Crippen LogP contribution in [0.2, 0.25) is 0 Å². The fourth-order valence-corrected chi connectivity index (χ4v) is 3.74. The third-order valence-corrected chi connectivity index (χ3v) is 7.21. The molecule has 0 aromatic heterocycles. The number of unbranched alkanes of at least 4 members (excludes halogenated alkanes) is 12. The maximum absolute atomic E-state index is 10.3. The van der Waals surface area contributed by atoms with Crippen molar-refractivity contribution in [3.05, 3.63) is 0 Å². The summed E-state index contributed by atoms with van der Waals surface area (Å²) < 4.78 is 0. The molecule has 0 aromatic carbocycles. The van der Waals surface area contributed by atoms with Gasteiger partial charge in [0.25, 0.3) is 0 Å². The molecule has 0 heterocycles. The first-order valence-corrected chi connectivity index (χ1v) is 18.4. The van der Waals surface area contributed by atoms with Gasteiger partial charge in [0.1, 0.15) is 0 Å². The van der Waals surface area contributed by atoms with Gasteiger partial charge in [-0.15, -0.1) is 50.5 Å². The lowest BCUT2D eigenvalue weighted by Crippen LogP contribution is -2.37. The third-order valence-electron chi connectivity index (χ3n) is 6.32. The van der Waals surface area contributed by atoms with E-state index in [0.29, 0.717) is 25.7 Å². The second-order valence-electron chi connectivity index (χ2n) is 11.0. The predicted octanol–water partition coefficient (Wildman–Crippen LogP) is 7.59. The molecule has 0 fully saturated rings.